The maximum absolute atomic E-state index is 14.4. The quantitative estimate of drug-likeness (QED) is 0.669. The molecule has 0 saturated carbocycles. The molecule has 134 valence electrons. The average molecular weight is 362 g/mol. The lowest BCUT2D eigenvalue weighted by Gasteiger charge is -2.13. The molecule has 0 saturated heterocycles. The summed E-state index contributed by atoms with van der Waals surface area (Å²) in [4.78, 5) is 32.1. The van der Waals surface area contributed by atoms with Crippen LogP contribution >= 0.6 is 0 Å². The van der Waals surface area contributed by atoms with E-state index < -0.39 is 23.8 Å². The Morgan fingerprint density at radius 1 is 1.00 bits per heavy atom. The van der Waals surface area contributed by atoms with Crippen LogP contribution in [-0.4, -0.2) is 28.7 Å². The van der Waals surface area contributed by atoms with Gasteiger partial charge in [-0.2, -0.15) is 0 Å². The van der Waals surface area contributed by atoms with E-state index in [0.717, 1.165) is 0 Å². The molecule has 7 heteroatoms. The first-order valence-electron chi connectivity index (χ1n) is 8.31. The fraction of sp³-hybridized carbons (Fsp3) is 0.0500. The number of nitrogens with one attached hydrogen (secondary N) is 3. The van der Waals surface area contributed by atoms with Gasteiger partial charge >= 0.3 is 0 Å². The number of para-hydroxylation sites is 1. The summed E-state index contributed by atoms with van der Waals surface area (Å²) in [7, 11) is 0. The van der Waals surface area contributed by atoms with Crippen molar-refractivity contribution in [2.75, 3.05) is 5.32 Å². The SMILES string of the molecule is O=C(NC1N=C(c2ccccc2F)c2ccccc2NC1=O)c1ccc[nH]1. The van der Waals surface area contributed by atoms with Gasteiger partial charge < -0.3 is 15.6 Å². The topological polar surface area (TPSA) is 86.3 Å². The fourth-order valence-electron chi connectivity index (χ4n) is 2.90. The number of hydrogen-bond acceptors (Lipinski definition) is 3. The van der Waals surface area contributed by atoms with Crippen molar-refractivity contribution in [3.8, 4) is 0 Å². The number of hydrogen-bond donors (Lipinski definition) is 3. The second-order valence-electron chi connectivity index (χ2n) is 5.95. The summed E-state index contributed by atoms with van der Waals surface area (Å²) in [5, 5.41) is 5.31. The molecule has 1 unspecified atom stereocenters. The van der Waals surface area contributed by atoms with E-state index in [0.29, 0.717) is 22.7 Å². The van der Waals surface area contributed by atoms with E-state index in [2.05, 4.69) is 20.6 Å². The molecule has 3 N–H and O–H groups in total. The second kappa shape index (κ2) is 6.87. The smallest absolute Gasteiger partial charge is 0.269 e. The van der Waals surface area contributed by atoms with Crippen molar-refractivity contribution in [1.82, 2.24) is 10.3 Å². The highest BCUT2D eigenvalue weighted by atomic mass is 19.1. The summed E-state index contributed by atoms with van der Waals surface area (Å²) < 4.78 is 14.4. The van der Waals surface area contributed by atoms with Crippen LogP contribution in [0.25, 0.3) is 0 Å². The summed E-state index contributed by atoms with van der Waals surface area (Å²) in [6.45, 7) is 0. The first kappa shape index (κ1) is 16.7. The lowest BCUT2D eigenvalue weighted by atomic mass is 10.0. The molecular weight excluding hydrogens is 347 g/mol. The summed E-state index contributed by atoms with van der Waals surface area (Å²) in [5.41, 5.74) is 1.92. The highest BCUT2D eigenvalue weighted by Gasteiger charge is 2.28. The summed E-state index contributed by atoms with van der Waals surface area (Å²) in [6, 6.07) is 16.4. The Kier molecular flexibility index (Phi) is 4.25. The monoisotopic (exact) mass is 362 g/mol. The molecule has 0 radical (unpaired) electrons. The Labute approximate surface area is 154 Å². The first-order chi connectivity index (χ1) is 13.1. The molecule has 1 aliphatic rings. The number of carbonyl (C=O) groups is 2. The standard InChI is InChI=1S/C20H15FN4O2/c21-14-8-3-1-6-12(14)17-13-7-2-4-9-15(13)23-20(27)18(24-17)25-19(26)16-10-5-11-22-16/h1-11,18,22H,(H,23,27)(H,25,26). The fourth-order valence-corrected chi connectivity index (χ4v) is 2.90. The van der Waals surface area contributed by atoms with E-state index in [4.69, 9.17) is 0 Å². The van der Waals surface area contributed by atoms with Crippen LogP contribution in [-0.2, 0) is 4.79 Å². The molecule has 0 bridgehead atoms. The molecule has 0 spiro atoms. The molecule has 2 amide bonds. The second-order valence-corrected chi connectivity index (χ2v) is 5.95. The molecule has 0 fully saturated rings. The third kappa shape index (κ3) is 3.22. The molecule has 27 heavy (non-hydrogen) atoms. The van der Waals surface area contributed by atoms with Crippen LogP contribution in [0.1, 0.15) is 21.6 Å². The van der Waals surface area contributed by atoms with Gasteiger partial charge in [0.05, 0.1) is 11.4 Å². The molecule has 1 aromatic heterocycles. The van der Waals surface area contributed by atoms with Gasteiger partial charge in [0.15, 0.2) is 0 Å². The molecule has 6 nitrogen and oxygen atoms in total. The van der Waals surface area contributed by atoms with Crippen molar-refractivity contribution >= 4 is 23.2 Å². The Hall–Kier alpha value is -3.74. The predicted octanol–water partition coefficient (Wildman–Crippen LogP) is 2.70. The number of benzodiazepines with no additional fused rings is 1. The number of fused-ring (bicyclic) bond motifs is 1. The van der Waals surface area contributed by atoms with E-state index in [9.17, 15) is 14.0 Å². The molecule has 4 rings (SSSR count). The highest BCUT2D eigenvalue weighted by molar-refractivity contribution is 6.20. The third-order valence-electron chi connectivity index (χ3n) is 4.19. The molecule has 0 aliphatic carbocycles. The van der Waals surface area contributed by atoms with Gasteiger partial charge in [-0.25, -0.2) is 9.38 Å². The van der Waals surface area contributed by atoms with E-state index >= 15 is 0 Å². The number of anilines is 1. The van der Waals surface area contributed by atoms with Crippen LogP contribution in [0.15, 0.2) is 71.9 Å². The molecule has 3 aromatic rings. The van der Waals surface area contributed by atoms with Gasteiger partial charge in [0.25, 0.3) is 11.8 Å². The minimum Gasteiger partial charge on any atom is -0.357 e. The summed E-state index contributed by atoms with van der Waals surface area (Å²) in [5.74, 6) is -1.45. The number of aromatic amines is 1. The van der Waals surface area contributed by atoms with Crippen molar-refractivity contribution in [3.05, 3.63) is 89.5 Å². The number of halogens is 1. The Morgan fingerprint density at radius 3 is 2.48 bits per heavy atom. The molecular formula is C20H15FN4O2. The van der Waals surface area contributed by atoms with Gasteiger partial charge in [0.2, 0.25) is 6.17 Å². The minimum atomic E-state index is -1.21. The lowest BCUT2D eigenvalue weighted by Crippen LogP contribution is -2.42. The molecule has 1 atom stereocenters. The minimum absolute atomic E-state index is 0.251. The maximum Gasteiger partial charge on any atom is 0.269 e. The number of amides is 2. The molecule has 1 aliphatic heterocycles. The van der Waals surface area contributed by atoms with Crippen molar-refractivity contribution < 1.29 is 14.0 Å². The molecule has 2 heterocycles. The Morgan fingerprint density at radius 2 is 1.74 bits per heavy atom. The van der Waals surface area contributed by atoms with Gasteiger partial charge in [-0.3, -0.25) is 9.59 Å². The van der Waals surface area contributed by atoms with E-state index in [1.54, 1.807) is 60.8 Å². The largest absolute Gasteiger partial charge is 0.357 e. The van der Waals surface area contributed by atoms with Gasteiger partial charge in [0, 0.05) is 17.3 Å². The number of H-pyrrole nitrogens is 1. The average Bonchev–Trinajstić information content (AvgIpc) is 3.17. The van der Waals surface area contributed by atoms with Crippen LogP contribution in [0.5, 0.6) is 0 Å². The number of aliphatic imine (C=N–C) groups is 1. The Balaban J connectivity index is 1.79. The predicted molar refractivity (Wildman–Crippen MR) is 99.2 cm³/mol. The maximum atomic E-state index is 14.4. The highest BCUT2D eigenvalue weighted by Crippen LogP contribution is 2.25. The summed E-state index contributed by atoms with van der Waals surface area (Å²) >= 11 is 0. The number of nitrogens with zero attached hydrogens (tertiary/aromatic N) is 1. The number of benzene rings is 2. The van der Waals surface area contributed by atoms with Crippen LogP contribution in [0.3, 0.4) is 0 Å². The molecule has 2 aromatic carbocycles. The lowest BCUT2D eigenvalue weighted by molar-refractivity contribution is -0.117. The van der Waals surface area contributed by atoms with Crippen molar-refractivity contribution in [1.29, 1.82) is 0 Å². The van der Waals surface area contributed by atoms with Crippen molar-refractivity contribution in [2.24, 2.45) is 4.99 Å². The van der Waals surface area contributed by atoms with Crippen molar-refractivity contribution in [2.45, 2.75) is 6.17 Å². The summed E-state index contributed by atoms with van der Waals surface area (Å²) in [6.07, 6.45) is 0.397. The zero-order valence-corrected chi connectivity index (χ0v) is 14.1. The zero-order valence-electron chi connectivity index (χ0n) is 14.1. The van der Waals surface area contributed by atoms with E-state index in [1.807, 2.05) is 0 Å². The normalized spacial score (nSPS) is 16.0. The Bertz CT molecular complexity index is 1040. The third-order valence-corrected chi connectivity index (χ3v) is 4.19. The van der Waals surface area contributed by atoms with Gasteiger partial charge in [-0.1, -0.05) is 30.3 Å². The zero-order chi connectivity index (χ0) is 18.8. The van der Waals surface area contributed by atoms with Gasteiger partial charge in [0.1, 0.15) is 11.5 Å². The van der Waals surface area contributed by atoms with Crippen LogP contribution in [0, 0.1) is 5.82 Å². The van der Waals surface area contributed by atoms with Crippen LogP contribution in [0.4, 0.5) is 10.1 Å². The van der Waals surface area contributed by atoms with Gasteiger partial charge in [-0.15, -0.1) is 0 Å². The van der Waals surface area contributed by atoms with Crippen LogP contribution in [0.2, 0.25) is 0 Å². The number of carbonyl (C=O) groups excluding carboxylic acids is 2. The number of rotatable bonds is 3. The van der Waals surface area contributed by atoms with Crippen molar-refractivity contribution in [3.63, 3.8) is 0 Å². The van der Waals surface area contributed by atoms with Crippen LogP contribution < -0.4 is 10.6 Å². The van der Waals surface area contributed by atoms with E-state index in [-0.39, 0.29) is 5.56 Å². The number of aromatic nitrogens is 1. The first-order valence-corrected chi connectivity index (χ1v) is 8.31. The van der Waals surface area contributed by atoms with Gasteiger partial charge in [-0.05, 0) is 30.3 Å². The van der Waals surface area contributed by atoms with E-state index in [1.165, 1.54) is 6.07 Å².